The Kier molecular flexibility index (Phi) is 8.96. The molecule has 0 saturated heterocycles. The van der Waals surface area contributed by atoms with Gasteiger partial charge in [-0.15, -0.1) is 0 Å². The first-order valence-electron chi connectivity index (χ1n) is 18.5. The van der Waals surface area contributed by atoms with Gasteiger partial charge in [-0.1, -0.05) is 84.7 Å². The molecular formula is C45H52N4O. The van der Waals surface area contributed by atoms with Crippen molar-refractivity contribution in [2.24, 2.45) is 5.92 Å². The van der Waals surface area contributed by atoms with E-state index in [-0.39, 0.29) is 5.41 Å². The lowest BCUT2D eigenvalue weighted by atomic mass is 9.74. The Bertz CT molecular complexity index is 2220. The maximum Gasteiger partial charge on any atom is 0.137 e. The molecule has 0 spiro atoms. The molecule has 0 saturated carbocycles. The molecule has 2 atom stereocenters. The van der Waals surface area contributed by atoms with Gasteiger partial charge < -0.3 is 4.74 Å². The number of hydrogen-bond donors (Lipinski definition) is 0. The van der Waals surface area contributed by atoms with Gasteiger partial charge in [0, 0.05) is 40.6 Å². The van der Waals surface area contributed by atoms with Crippen LogP contribution < -0.4 is 4.74 Å². The highest BCUT2D eigenvalue weighted by atomic mass is 16.5. The number of aromatic nitrogens is 4. The first-order chi connectivity index (χ1) is 23.9. The molecule has 5 heteroatoms. The van der Waals surface area contributed by atoms with Crippen LogP contribution in [-0.4, -0.2) is 19.3 Å². The molecular weight excluding hydrogens is 613 g/mol. The number of rotatable bonds is 8. The highest BCUT2D eigenvalue weighted by Crippen LogP contribution is 2.44. The topological polar surface area (TPSA) is 44.9 Å². The predicted molar refractivity (Wildman–Crippen MR) is 209 cm³/mol. The number of benzene rings is 3. The van der Waals surface area contributed by atoms with Crippen LogP contribution in [0.5, 0.6) is 11.5 Å². The Hall–Kier alpha value is -4.64. The van der Waals surface area contributed by atoms with Crippen molar-refractivity contribution in [1.82, 2.24) is 19.3 Å². The second kappa shape index (κ2) is 13.2. The van der Waals surface area contributed by atoms with E-state index in [0.717, 1.165) is 59.0 Å². The maximum absolute atomic E-state index is 6.84. The van der Waals surface area contributed by atoms with E-state index >= 15 is 0 Å². The third-order valence-electron chi connectivity index (χ3n) is 10.6. The fourth-order valence-electron chi connectivity index (χ4n) is 8.14. The number of pyridine rings is 1. The van der Waals surface area contributed by atoms with E-state index in [1.54, 1.807) is 0 Å². The summed E-state index contributed by atoms with van der Waals surface area (Å²) in [6, 6.07) is 26.1. The van der Waals surface area contributed by atoms with Crippen LogP contribution in [0.2, 0.25) is 0 Å². The molecule has 5 nitrogen and oxygen atoms in total. The summed E-state index contributed by atoms with van der Waals surface area (Å²) in [7, 11) is 0. The SMILES string of the molecule is CCCc1ccnc(-n2c3ccccc3c3ccc(Oc4cc(-n5nc(C)c([C@H]6C(C)=CCC[C@@H]6C)c5C(C)C)cc(C(C)(C)C)c4)cc32)c1. The highest BCUT2D eigenvalue weighted by molar-refractivity contribution is 6.09. The molecule has 0 N–H and O–H groups in total. The number of hydrogen-bond acceptors (Lipinski definition) is 3. The van der Waals surface area contributed by atoms with E-state index in [4.69, 9.17) is 14.8 Å². The average Bonchev–Trinajstić information content (AvgIpc) is 3.59. The largest absolute Gasteiger partial charge is 0.457 e. The normalized spacial score (nSPS) is 16.8. The lowest BCUT2D eigenvalue weighted by Gasteiger charge is -2.30. The van der Waals surface area contributed by atoms with Gasteiger partial charge in [0.2, 0.25) is 0 Å². The number of allylic oxidation sites excluding steroid dienone is 2. The number of nitrogens with zero attached hydrogens (tertiary/aromatic N) is 4. The lowest BCUT2D eigenvalue weighted by molar-refractivity contribution is 0.445. The van der Waals surface area contributed by atoms with Gasteiger partial charge in [0.1, 0.15) is 17.3 Å². The number of aryl methyl sites for hydroxylation is 2. The molecule has 0 aliphatic heterocycles. The minimum absolute atomic E-state index is 0.0834. The molecule has 3 aromatic carbocycles. The third kappa shape index (κ3) is 6.16. The van der Waals surface area contributed by atoms with E-state index in [9.17, 15) is 0 Å². The smallest absolute Gasteiger partial charge is 0.137 e. The lowest BCUT2D eigenvalue weighted by Crippen LogP contribution is -2.18. The standard InChI is InChI=1S/C45H52N4O/c1-10-14-32-21-22-46-41(23-32)48-39-18-12-11-17-37(39)38-20-19-35(27-40(38)48)50-36-25-33(45(7,8)9)24-34(26-36)49-44(28(2)3)43(31(6)47-49)42-29(4)15-13-16-30(42)5/h11-12,15,17-28,30,42H,10,13-14,16H2,1-9H3/t30-,42-/m0/s1. The quantitative estimate of drug-likeness (QED) is 0.152. The molecule has 1 aliphatic carbocycles. The van der Waals surface area contributed by atoms with Gasteiger partial charge in [0.05, 0.1) is 28.1 Å². The third-order valence-corrected chi connectivity index (χ3v) is 10.6. The van der Waals surface area contributed by atoms with Gasteiger partial charge in [-0.2, -0.15) is 5.10 Å². The van der Waals surface area contributed by atoms with Gasteiger partial charge in [0.15, 0.2) is 0 Å². The molecule has 0 amide bonds. The van der Waals surface area contributed by atoms with Crippen molar-refractivity contribution in [2.45, 2.75) is 105 Å². The van der Waals surface area contributed by atoms with Crippen molar-refractivity contribution in [1.29, 1.82) is 0 Å². The van der Waals surface area contributed by atoms with Crippen LogP contribution in [-0.2, 0) is 11.8 Å². The Morgan fingerprint density at radius 3 is 2.42 bits per heavy atom. The Balaban J connectivity index is 1.36. The molecule has 258 valence electrons. The zero-order valence-electron chi connectivity index (χ0n) is 31.3. The molecule has 0 bridgehead atoms. The monoisotopic (exact) mass is 664 g/mol. The van der Waals surface area contributed by atoms with Crippen LogP contribution in [0, 0.1) is 12.8 Å². The number of ether oxygens (including phenoxy) is 1. The molecule has 0 unspecified atom stereocenters. The summed E-state index contributed by atoms with van der Waals surface area (Å²) in [4.78, 5) is 4.85. The summed E-state index contributed by atoms with van der Waals surface area (Å²) in [5.41, 5.74) is 11.0. The van der Waals surface area contributed by atoms with Crippen molar-refractivity contribution in [3.8, 4) is 23.0 Å². The van der Waals surface area contributed by atoms with Gasteiger partial charge in [0.25, 0.3) is 0 Å². The van der Waals surface area contributed by atoms with E-state index in [1.165, 1.54) is 45.2 Å². The Labute approximate surface area is 298 Å². The van der Waals surface area contributed by atoms with Crippen LogP contribution in [0.15, 0.2) is 90.6 Å². The molecule has 50 heavy (non-hydrogen) atoms. The van der Waals surface area contributed by atoms with E-state index in [1.807, 2.05) is 6.20 Å². The summed E-state index contributed by atoms with van der Waals surface area (Å²) in [5, 5.41) is 7.66. The summed E-state index contributed by atoms with van der Waals surface area (Å²) in [6.45, 7) is 20.5. The fraction of sp³-hybridized carbons (Fsp3) is 0.378. The van der Waals surface area contributed by atoms with Gasteiger partial charge in [-0.3, -0.25) is 4.57 Å². The van der Waals surface area contributed by atoms with Crippen LogP contribution in [0.25, 0.3) is 33.3 Å². The molecule has 0 radical (unpaired) electrons. The van der Waals surface area contributed by atoms with Crippen molar-refractivity contribution in [2.75, 3.05) is 0 Å². The number of fused-ring (bicyclic) bond motifs is 3. The zero-order chi connectivity index (χ0) is 35.3. The molecule has 3 heterocycles. The second-order valence-electron chi connectivity index (χ2n) is 15.8. The minimum Gasteiger partial charge on any atom is -0.457 e. The van der Waals surface area contributed by atoms with Crippen molar-refractivity contribution in [3.63, 3.8) is 0 Å². The van der Waals surface area contributed by atoms with Crippen LogP contribution in [0.4, 0.5) is 0 Å². The fourth-order valence-corrected chi connectivity index (χ4v) is 8.14. The van der Waals surface area contributed by atoms with Gasteiger partial charge in [-0.05, 0) is 104 Å². The maximum atomic E-state index is 6.84. The van der Waals surface area contributed by atoms with E-state index in [0.29, 0.717) is 17.8 Å². The second-order valence-corrected chi connectivity index (χ2v) is 15.8. The van der Waals surface area contributed by atoms with Crippen LogP contribution >= 0.6 is 0 Å². The van der Waals surface area contributed by atoms with Crippen LogP contribution in [0.1, 0.15) is 115 Å². The van der Waals surface area contributed by atoms with Gasteiger partial charge in [-0.25, -0.2) is 9.67 Å². The summed E-state index contributed by atoms with van der Waals surface area (Å²) in [5.74, 6) is 3.82. The average molecular weight is 665 g/mol. The first kappa shape index (κ1) is 33.8. The van der Waals surface area contributed by atoms with Gasteiger partial charge >= 0.3 is 0 Å². The van der Waals surface area contributed by atoms with Crippen molar-refractivity contribution < 1.29 is 4.74 Å². The predicted octanol–water partition coefficient (Wildman–Crippen LogP) is 12.3. The summed E-state index contributed by atoms with van der Waals surface area (Å²) in [6.07, 6.45) is 8.87. The highest BCUT2D eigenvalue weighted by Gasteiger charge is 2.32. The summed E-state index contributed by atoms with van der Waals surface area (Å²) < 4.78 is 11.3. The van der Waals surface area contributed by atoms with E-state index < -0.39 is 0 Å². The Morgan fingerprint density at radius 2 is 1.68 bits per heavy atom. The van der Waals surface area contributed by atoms with Crippen molar-refractivity contribution in [3.05, 3.63) is 119 Å². The van der Waals surface area contributed by atoms with E-state index in [2.05, 4.69) is 150 Å². The minimum atomic E-state index is -0.0834. The molecule has 6 aromatic rings. The summed E-state index contributed by atoms with van der Waals surface area (Å²) >= 11 is 0. The first-order valence-corrected chi connectivity index (χ1v) is 18.5. The molecule has 3 aromatic heterocycles. The molecule has 1 aliphatic rings. The van der Waals surface area contributed by atoms with Crippen molar-refractivity contribution >= 4 is 21.8 Å². The Morgan fingerprint density at radius 1 is 0.900 bits per heavy atom. The molecule has 7 rings (SSSR count). The number of para-hydroxylation sites is 1. The zero-order valence-corrected chi connectivity index (χ0v) is 31.3. The van der Waals surface area contributed by atoms with Crippen LogP contribution in [0.3, 0.4) is 0 Å². The molecule has 0 fully saturated rings.